The molecule has 27 heavy (non-hydrogen) atoms. The summed E-state index contributed by atoms with van der Waals surface area (Å²) >= 11 is 6.25. The maximum absolute atomic E-state index is 12.7. The SMILES string of the molecule is O=C(OCc1cc2ccccc2nc1Cl)c1cccnc1N1CCOCC1. The first-order valence-electron chi connectivity index (χ1n) is 8.71. The van der Waals surface area contributed by atoms with Gasteiger partial charge in [0, 0.05) is 30.2 Å². The lowest BCUT2D eigenvalue weighted by atomic mass is 10.1. The van der Waals surface area contributed by atoms with Crippen LogP contribution in [0.25, 0.3) is 10.9 Å². The van der Waals surface area contributed by atoms with Gasteiger partial charge in [0.2, 0.25) is 0 Å². The average molecular weight is 384 g/mol. The average Bonchev–Trinajstić information content (AvgIpc) is 2.72. The van der Waals surface area contributed by atoms with Crippen LogP contribution in [0.2, 0.25) is 5.15 Å². The Morgan fingerprint density at radius 2 is 2.00 bits per heavy atom. The van der Waals surface area contributed by atoms with Gasteiger partial charge in [-0.2, -0.15) is 0 Å². The highest BCUT2D eigenvalue weighted by atomic mass is 35.5. The van der Waals surface area contributed by atoms with Gasteiger partial charge in [-0.3, -0.25) is 0 Å². The highest BCUT2D eigenvalue weighted by Crippen LogP contribution is 2.23. The van der Waals surface area contributed by atoms with Gasteiger partial charge in [0.15, 0.2) is 0 Å². The third-order valence-electron chi connectivity index (χ3n) is 4.43. The molecule has 1 aliphatic heterocycles. The van der Waals surface area contributed by atoms with E-state index in [-0.39, 0.29) is 6.61 Å². The van der Waals surface area contributed by atoms with E-state index in [0.717, 1.165) is 10.9 Å². The van der Waals surface area contributed by atoms with E-state index in [4.69, 9.17) is 21.1 Å². The molecule has 138 valence electrons. The fourth-order valence-corrected chi connectivity index (χ4v) is 3.24. The molecule has 1 saturated heterocycles. The number of benzene rings is 1. The molecule has 2 aromatic heterocycles. The van der Waals surface area contributed by atoms with Crippen LogP contribution in [-0.4, -0.2) is 42.2 Å². The Morgan fingerprint density at radius 3 is 2.85 bits per heavy atom. The standard InChI is InChI=1S/C20H18ClN3O3/c21-18-15(12-14-4-1-2-6-17(14)23-18)13-27-20(25)16-5-3-7-22-19(16)24-8-10-26-11-9-24/h1-7,12H,8-11,13H2. The third kappa shape index (κ3) is 3.86. The summed E-state index contributed by atoms with van der Waals surface area (Å²) in [5.41, 5.74) is 1.91. The van der Waals surface area contributed by atoms with Crippen LogP contribution in [-0.2, 0) is 16.1 Å². The molecule has 3 heterocycles. The van der Waals surface area contributed by atoms with Crippen molar-refractivity contribution in [1.82, 2.24) is 9.97 Å². The van der Waals surface area contributed by atoms with Crippen LogP contribution < -0.4 is 4.90 Å². The van der Waals surface area contributed by atoms with Gasteiger partial charge < -0.3 is 14.4 Å². The van der Waals surface area contributed by atoms with Crippen LogP contribution in [0.3, 0.4) is 0 Å². The molecule has 0 atom stereocenters. The summed E-state index contributed by atoms with van der Waals surface area (Å²) in [5, 5.41) is 1.28. The van der Waals surface area contributed by atoms with Crippen molar-refractivity contribution >= 4 is 34.3 Å². The third-order valence-corrected chi connectivity index (χ3v) is 4.75. The number of halogens is 1. The molecule has 0 N–H and O–H groups in total. The Balaban J connectivity index is 1.52. The fourth-order valence-electron chi connectivity index (χ4n) is 3.04. The van der Waals surface area contributed by atoms with Crippen LogP contribution in [0.5, 0.6) is 0 Å². The molecule has 1 aromatic carbocycles. The van der Waals surface area contributed by atoms with E-state index in [1.807, 2.05) is 35.2 Å². The largest absolute Gasteiger partial charge is 0.457 e. The molecule has 1 fully saturated rings. The molecule has 0 unspecified atom stereocenters. The summed E-state index contributed by atoms with van der Waals surface area (Å²) in [6, 6.07) is 13.0. The molecule has 0 radical (unpaired) electrons. The van der Waals surface area contributed by atoms with Crippen LogP contribution in [0.15, 0.2) is 48.7 Å². The van der Waals surface area contributed by atoms with E-state index < -0.39 is 5.97 Å². The number of carbonyl (C=O) groups is 1. The number of rotatable bonds is 4. The molecule has 4 rings (SSSR count). The number of nitrogens with zero attached hydrogens (tertiary/aromatic N) is 3. The second-order valence-electron chi connectivity index (χ2n) is 6.18. The predicted molar refractivity (Wildman–Crippen MR) is 103 cm³/mol. The zero-order chi connectivity index (χ0) is 18.6. The molecular formula is C20H18ClN3O3. The number of morpholine rings is 1. The maximum Gasteiger partial charge on any atom is 0.342 e. The minimum absolute atomic E-state index is 0.0486. The highest BCUT2D eigenvalue weighted by Gasteiger charge is 2.21. The van der Waals surface area contributed by atoms with E-state index in [2.05, 4.69) is 9.97 Å². The number of hydrogen-bond donors (Lipinski definition) is 0. The van der Waals surface area contributed by atoms with Gasteiger partial charge in [0.1, 0.15) is 23.1 Å². The number of esters is 1. The van der Waals surface area contributed by atoms with Crippen molar-refractivity contribution in [2.75, 3.05) is 31.2 Å². The molecule has 0 spiro atoms. The minimum atomic E-state index is -0.436. The number of ether oxygens (including phenoxy) is 2. The number of anilines is 1. The lowest BCUT2D eigenvalue weighted by Crippen LogP contribution is -2.37. The Morgan fingerprint density at radius 1 is 1.19 bits per heavy atom. The van der Waals surface area contributed by atoms with Crippen molar-refractivity contribution in [3.63, 3.8) is 0 Å². The number of hydrogen-bond acceptors (Lipinski definition) is 6. The quantitative estimate of drug-likeness (QED) is 0.507. The fraction of sp³-hybridized carbons (Fsp3) is 0.250. The first-order valence-corrected chi connectivity index (χ1v) is 9.09. The summed E-state index contributed by atoms with van der Waals surface area (Å²) in [6.45, 7) is 2.66. The van der Waals surface area contributed by atoms with Gasteiger partial charge in [-0.1, -0.05) is 29.8 Å². The Hall–Kier alpha value is -2.70. The van der Waals surface area contributed by atoms with Gasteiger partial charge >= 0.3 is 5.97 Å². The highest BCUT2D eigenvalue weighted by molar-refractivity contribution is 6.30. The number of pyridine rings is 2. The Labute approximate surface area is 161 Å². The van der Waals surface area contributed by atoms with Gasteiger partial charge in [-0.15, -0.1) is 0 Å². The molecule has 1 aliphatic rings. The van der Waals surface area contributed by atoms with Crippen molar-refractivity contribution in [2.24, 2.45) is 0 Å². The minimum Gasteiger partial charge on any atom is -0.457 e. The summed E-state index contributed by atoms with van der Waals surface area (Å²) in [7, 11) is 0. The normalized spacial score (nSPS) is 14.3. The van der Waals surface area contributed by atoms with Crippen LogP contribution in [0, 0.1) is 0 Å². The first-order chi connectivity index (χ1) is 13.2. The number of fused-ring (bicyclic) bond motifs is 1. The zero-order valence-electron chi connectivity index (χ0n) is 14.6. The number of carbonyl (C=O) groups excluding carboxylic acids is 1. The van der Waals surface area contributed by atoms with E-state index in [1.165, 1.54) is 0 Å². The molecule has 3 aromatic rings. The lowest BCUT2D eigenvalue weighted by Gasteiger charge is -2.28. The van der Waals surface area contributed by atoms with E-state index in [1.54, 1.807) is 18.3 Å². The molecule has 0 amide bonds. The van der Waals surface area contributed by atoms with E-state index >= 15 is 0 Å². The molecule has 0 saturated carbocycles. The lowest BCUT2D eigenvalue weighted by molar-refractivity contribution is 0.0472. The van der Waals surface area contributed by atoms with Crippen molar-refractivity contribution in [2.45, 2.75) is 6.61 Å². The van der Waals surface area contributed by atoms with E-state index in [0.29, 0.717) is 48.4 Å². The van der Waals surface area contributed by atoms with Crippen LogP contribution in [0.1, 0.15) is 15.9 Å². The molecule has 7 heteroatoms. The van der Waals surface area contributed by atoms with Gasteiger partial charge in [0.25, 0.3) is 0 Å². The number of aromatic nitrogens is 2. The second kappa shape index (κ2) is 7.90. The van der Waals surface area contributed by atoms with Gasteiger partial charge in [-0.05, 0) is 24.3 Å². The van der Waals surface area contributed by atoms with Gasteiger partial charge in [-0.25, -0.2) is 14.8 Å². The predicted octanol–water partition coefficient (Wildman–Crippen LogP) is 3.48. The zero-order valence-corrected chi connectivity index (χ0v) is 15.4. The topological polar surface area (TPSA) is 64.5 Å². The Bertz CT molecular complexity index is 974. The molecule has 6 nitrogen and oxygen atoms in total. The smallest absolute Gasteiger partial charge is 0.342 e. The first kappa shape index (κ1) is 17.7. The van der Waals surface area contributed by atoms with E-state index in [9.17, 15) is 4.79 Å². The van der Waals surface area contributed by atoms with Crippen molar-refractivity contribution in [3.8, 4) is 0 Å². The monoisotopic (exact) mass is 383 g/mol. The van der Waals surface area contributed by atoms with Crippen molar-refractivity contribution < 1.29 is 14.3 Å². The van der Waals surface area contributed by atoms with Crippen LogP contribution in [0.4, 0.5) is 5.82 Å². The molecule has 0 aliphatic carbocycles. The number of para-hydroxylation sites is 1. The molecule has 0 bridgehead atoms. The van der Waals surface area contributed by atoms with Crippen LogP contribution >= 0.6 is 11.6 Å². The van der Waals surface area contributed by atoms with Crippen molar-refractivity contribution in [3.05, 3.63) is 64.9 Å². The summed E-state index contributed by atoms with van der Waals surface area (Å²) < 4.78 is 10.9. The molecular weight excluding hydrogens is 366 g/mol. The summed E-state index contributed by atoms with van der Waals surface area (Å²) in [4.78, 5) is 23.4. The summed E-state index contributed by atoms with van der Waals surface area (Å²) in [6.07, 6.45) is 1.67. The van der Waals surface area contributed by atoms with Gasteiger partial charge in [0.05, 0.1) is 18.7 Å². The van der Waals surface area contributed by atoms with Crippen molar-refractivity contribution in [1.29, 1.82) is 0 Å². The summed E-state index contributed by atoms with van der Waals surface area (Å²) in [5.74, 6) is 0.183. The second-order valence-corrected chi connectivity index (χ2v) is 6.54. The maximum atomic E-state index is 12.7. The Kier molecular flexibility index (Phi) is 5.18.